The van der Waals surface area contributed by atoms with Crippen LogP contribution in [-0.4, -0.2) is 45.6 Å². The quantitative estimate of drug-likeness (QED) is 0.691. The van der Waals surface area contributed by atoms with Crippen molar-refractivity contribution in [3.05, 3.63) is 35.4 Å². The normalized spacial score (nSPS) is 12.7. The highest BCUT2D eigenvalue weighted by Crippen LogP contribution is 2.21. The Kier molecular flexibility index (Phi) is 6.57. The molecule has 0 unspecified atom stereocenters. The third-order valence-electron chi connectivity index (χ3n) is 3.87. The summed E-state index contributed by atoms with van der Waals surface area (Å²) in [6.45, 7) is 4.15. The van der Waals surface area contributed by atoms with Gasteiger partial charge < -0.3 is 17.7 Å². The van der Waals surface area contributed by atoms with Gasteiger partial charge in [-0.15, -0.1) is 0 Å². The summed E-state index contributed by atoms with van der Waals surface area (Å²) in [7, 11) is 2.63. The van der Waals surface area contributed by atoms with Crippen molar-refractivity contribution in [2.24, 2.45) is 0 Å². The molecule has 20 heavy (non-hydrogen) atoms. The van der Waals surface area contributed by atoms with Gasteiger partial charge in [0.25, 0.3) is 0 Å². The SMILES string of the molecule is CO[Si](C)(Cc1ccccc1C[Si](C)(OC)OC)OC. The summed E-state index contributed by atoms with van der Waals surface area (Å²) >= 11 is 0. The summed E-state index contributed by atoms with van der Waals surface area (Å²) in [4.78, 5) is 0. The first-order chi connectivity index (χ1) is 9.42. The first-order valence-electron chi connectivity index (χ1n) is 6.69. The highest BCUT2D eigenvalue weighted by Gasteiger charge is 2.33. The maximum Gasteiger partial charge on any atom is 0.338 e. The standard InChI is InChI=1S/C14H26O4Si2/c1-15-19(5,16-2)11-13-9-7-8-10-14(13)12-20(6,17-3)18-4/h7-10H,11-12H2,1-6H3. The van der Waals surface area contributed by atoms with Crippen molar-refractivity contribution in [2.75, 3.05) is 28.4 Å². The van der Waals surface area contributed by atoms with E-state index in [0.717, 1.165) is 12.1 Å². The molecule has 0 saturated carbocycles. The van der Waals surface area contributed by atoms with Gasteiger partial charge in [-0.2, -0.15) is 0 Å². The molecule has 0 aromatic heterocycles. The monoisotopic (exact) mass is 314 g/mol. The minimum absolute atomic E-state index is 0.827. The third kappa shape index (κ3) is 4.51. The summed E-state index contributed by atoms with van der Waals surface area (Å²) in [5, 5.41) is 0. The smallest absolute Gasteiger partial charge is 0.338 e. The van der Waals surface area contributed by atoms with Crippen molar-refractivity contribution in [1.82, 2.24) is 0 Å². The van der Waals surface area contributed by atoms with Gasteiger partial charge in [0.05, 0.1) is 0 Å². The molecule has 1 rings (SSSR count). The van der Waals surface area contributed by atoms with Crippen LogP contribution in [0.25, 0.3) is 0 Å². The van der Waals surface area contributed by atoms with Crippen LogP contribution in [0.4, 0.5) is 0 Å². The highest BCUT2D eigenvalue weighted by molar-refractivity contribution is 6.66. The van der Waals surface area contributed by atoms with Gasteiger partial charge in [-0.25, -0.2) is 0 Å². The van der Waals surface area contributed by atoms with Crippen LogP contribution < -0.4 is 0 Å². The fourth-order valence-electron chi connectivity index (χ4n) is 2.05. The first-order valence-corrected chi connectivity index (χ1v) is 11.7. The Morgan fingerprint density at radius 3 is 1.25 bits per heavy atom. The lowest BCUT2D eigenvalue weighted by molar-refractivity contribution is 0.246. The molecule has 0 radical (unpaired) electrons. The molecular weight excluding hydrogens is 288 g/mol. The van der Waals surface area contributed by atoms with Crippen molar-refractivity contribution in [2.45, 2.75) is 25.2 Å². The highest BCUT2D eigenvalue weighted by atomic mass is 28.4. The number of benzene rings is 1. The molecule has 1 aromatic carbocycles. The van der Waals surface area contributed by atoms with Crippen LogP contribution in [0.1, 0.15) is 11.1 Å². The van der Waals surface area contributed by atoms with E-state index in [1.165, 1.54) is 11.1 Å². The van der Waals surface area contributed by atoms with Gasteiger partial charge in [-0.3, -0.25) is 0 Å². The molecule has 0 aliphatic heterocycles. The Bertz CT molecular complexity index is 378. The molecule has 4 nitrogen and oxygen atoms in total. The van der Waals surface area contributed by atoms with E-state index in [1.807, 2.05) is 0 Å². The third-order valence-corrected chi connectivity index (χ3v) is 9.37. The average molecular weight is 315 g/mol. The summed E-state index contributed by atoms with van der Waals surface area (Å²) in [6.07, 6.45) is 0. The number of hydrogen-bond acceptors (Lipinski definition) is 4. The summed E-state index contributed by atoms with van der Waals surface area (Å²) in [5.41, 5.74) is 2.52. The molecule has 0 aliphatic carbocycles. The van der Waals surface area contributed by atoms with E-state index in [0.29, 0.717) is 0 Å². The Morgan fingerprint density at radius 2 is 1.00 bits per heavy atom. The molecule has 0 fully saturated rings. The van der Waals surface area contributed by atoms with Crippen molar-refractivity contribution < 1.29 is 17.7 Å². The predicted molar refractivity (Wildman–Crippen MR) is 85.1 cm³/mol. The molecule has 6 heteroatoms. The zero-order chi connectivity index (χ0) is 15.2. The Balaban J connectivity index is 2.99. The molecule has 0 aliphatic rings. The Hall–Kier alpha value is -0.506. The van der Waals surface area contributed by atoms with Crippen LogP contribution in [-0.2, 0) is 29.8 Å². The van der Waals surface area contributed by atoms with E-state index in [1.54, 1.807) is 28.4 Å². The largest absolute Gasteiger partial charge is 0.398 e. The second kappa shape index (κ2) is 7.49. The molecule has 0 heterocycles. The Morgan fingerprint density at radius 1 is 0.700 bits per heavy atom. The summed E-state index contributed by atoms with van der Waals surface area (Å²) in [6, 6.07) is 10.0. The van der Waals surface area contributed by atoms with Crippen LogP contribution in [0.15, 0.2) is 24.3 Å². The fourth-order valence-corrected chi connectivity index (χ4v) is 5.03. The number of hydrogen-bond donors (Lipinski definition) is 0. The first kappa shape index (κ1) is 17.5. The van der Waals surface area contributed by atoms with Gasteiger partial charge in [0.1, 0.15) is 0 Å². The van der Waals surface area contributed by atoms with Crippen LogP contribution >= 0.6 is 0 Å². The van der Waals surface area contributed by atoms with Gasteiger partial charge in [0.2, 0.25) is 0 Å². The van der Waals surface area contributed by atoms with E-state index in [9.17, 15) is 0 Å². The lowest BCUT2D eigenvalue weighted by atomic mass is 10.1. The van der Waals surface area contributed by atoms with E-state index in [2.05, 4.69) is 37.4 Å². The van der Waals surface area contributed by atoms with Gasteiger partial charge in [-0.1, -0.05) is 24.3 Å². The second-order valence-corrected chi connectivity index (χ2v) is 12.1. The fraction of sp³-hybridized carbons (Fsp3) is 0.571. The molecule has 0 atom stereocenters. The second-order valence-electron chi connectivity index (χ2n) is 5.21. The minimum Gasteiger partial charge on any atom is -0.398 e. The van der Waals surface area contributed by atoms with E-state index < -0.39 is 17.1 Å². The van der Waals surface area contributed by atoms with Crippen LogP contribution in [0.5, 0.6) is 0 Å². The Labute approximate surface area is 124 Å². The molecular formula is C14H26O4Si2. The van der Waals surface area contributed by atoms with Crippen molar-refractivity contribution in [3.63, 3.8) is 0 Å². The zero-order valence-corrected chi connectivity index (χ0v) is 15.4. The maximum atomic E-state index is 5.59. The topological polar surface area (TPSA) is 36.9 Å². The van der Waals surface area contributed by atoms with E-state index in [4.69, 9.17) is 17.7 Å². The average Bonchev–Trinajstić information content (AvgIpc) is 2.49. The predicted octanol–water partition coefficient (Wildman–Crippen LogP) is 2.58. The van der Waals surface area contributed by atoms with Crippen LogP contribution in [0, 0.1) is 0 Å². The van der Waals surface area contributed by atoms with Gasteiger partial charge >= 0.3 is 17.1 Å². The molecule has 0 amide bonds. The number of rotatable bonds is 8. The zero-order valence-electron chi connectivity index (χ0n) is 13.4. The van der Waals surface area contributed by atoms with Gasteiger partial charge in [0, 0.05) is 40.5 Å². The molecule has 1 aromatic rings. The molecule has 0 bridgehead atoms. The minimum atomic E-state index is -2.13. The van der Waals surface area contributed by atoms with Gasteiger partial charge in [-0.05, 0) is 24.2 Å². The molecule has 0 N–H and O–H groups in total. The van der Waals surface area contributed by atoms with Gasteiger partial charge in [0.15, 0.2) is 0 Å². The summed E-state index contributed by atoms with van der Waals surface area (Å²) < 4.78 is 22.4. The van der Waals surface area contributed by atoms with E-state index in [-0.39, 0.29) is 0 Å². The lowest BCUT2D eigenvalue weighted by Crippen LogP contribution is -2.41. The molecule has 0 spiro atoms. The molecule has 114 valence electrons. The van der Waals surface area contributed by atoms with E-state index >= 15 is 0 Å². The van der Waals surface area contributed by atoms with Crippen molar-refractivity contribution in [3.8, 4) is 0 Å². The van der Waals surface area contributed by atoms with Crippen molar-refractivity contribution in [1.29, 1.82) is 0 Å². The summed E-state index contributed by atoms with van der Waals surface area (Å²) in [5.74, 6) is 0. The van der Waals surface area contributed by atoms with Crippen LogP contribution in [0.2, 0.25) is 13.1 Å². The maximum absolute atomic E-state index is 5.59. The van der Waals surface area contributed by atoms with Crippen LogP contribution in [0.3, 0.4) is 0 Å². The van der Waals surface area contributed by atoms with Crippen molar-refractivity contribution >= 4 is 17.1 Å². The molecule has 0 saturated heterocycles. The lowest BCUT2D eigenvalue weighted by Gasteiger charge is -2.27.